The van der Waals surface area contributed by atoms with E-state index in [1.54, 1.807) is 7.11 Å². The molecule has 0 N–H and O–H groups in total. The summed E-state index contributed by atoms with van der Waals surface area (Å²) in [5.41, 5.74) is 1.01. The minimum absolute atomic E-state index is 0.462. The van der Waals surface area contributed by atoms with Crippen LogP contribution in [0.5, 0.6) is 11.5 Å². The molecule has 0 aliphatic rings. The summed E-state index contributed by atoms with van der Waals surface area (Å²) in [5.74, 6) is 2.57. The van der Waals surface area contributed by atoms with E-state index in [9.17, 15) is 0 Å². The molecule has 0 aliphatic heterocycles. The number of benzene rings is 1. The molecule has 1 aromatic carbocycles. The molecule has 0 radical (unpaired) electrons. The van der Waals surface area contributed by atoms with Crippen molar-refractivity contribution in [1.82, 2.24) is 0 Å². The molecule has 4 heteroatoms. The summed E-state index contributed by atoms with van der Waals surface area (Å²) >= 11 is 9.41. The zero-order valence-electron chi connectivity index (χ0n) is 12.5. The topological polar surface area (TPSA) is 18.5 Å². The fourth-order valence-electron chi connectivity index (χ4n) is 2.09. The maximum Gasteiger partial charge on any atom is 0.175 e. The molecular formula is C16H24BrClO2. The summed E-state index contributed by atoms with van der Waals surface area (Å²) in [6.45, 7) is 5.16. The molecule has 114 valence electrons. The standard InChI is InChI=1S/C16H24BrClO2/c1-4-6-7-12(5-2)11-20-16-14(17)8-13(10-18)9-15(16)19-3/h8-9,12H,4-7,10-11H2,1-3H3. The van der Waals surface area contributed by atoms with Crippen molar-refractivity contribution in [3.8, 4) is 11.5 Å². The van der Waals surface area contributed by atoms with Gasteiger partial charge in [0.25, 0.3) is 0 Å². The third kappa shape index (κ3) is 5.17. The summed E-state index contributed by atoms with van der Waals surface area (Å²) in [5, 5.41) is 0. The van der Waals surface area contributed by atoms with Crippen molar-refractivity contribution in [3.63, 3.8) is 0 Å². The fourth-order valence-corrected chi connectivity index (χ4v) is 2.85. The highest BCUT2D eigenvalue weighted by atomic mass is 79.9. The van der Waals surface area contributed by atoms with Gasteiger partial charge >= 0.3 is 0 Å². The average Bonchev–Trinajstić information content (AvgIpc) is 2.47. The van der Waals surface area contributed by atoms with Gasteiger partial charge in [-0.2, -0.15) is 0 Å². The zero-order chi connectivity index (χ0) is 15.0. The van der Waals surface area contributed by atoms with Crippen LogP contribution in [0.4, 0.5) is 0 Å². The first-order valence-corrected chi connectivity index (χ1v) is 8.54. The Labute approximate surface area is 135 Å². The smallest absolute Gasteiger partial charge is 0.175 e. The number of hydrogen-bond donors (Lipinski definition) is 0. The summed E-state index contributed by atoms with van der Waals surface area (Å²) in [7, 11) is 1.65. The molecule has 0 spiro atoms. The molecule has 0 aliphatic carbocycles. The Morgan fingerprint density at radius 3 is 2.60 bits per heavy atom. The lowest BCUT2D eigenvalue weighted by molar-refractivity contribution is 0.223. The molecule has 20 heavy (non-hydrogen) atoms. The molecular weight excluding hydrogens is 340 g/mol. The normalized spacial score (nSPS) is 12.2. The van der Waals surface area contributed by atoms with Crippen molar-refractivity contribution in [2.45, 2.75) is 45.4 Å². The number of unbranched alkanes of at least 4 members (excludes halogenated alkanes) is 1. The van der Waals surface area contributed by atoms with Gasteiger partial charge in [-0.05, 0) is 46.0 Å². The van der Waals surface area contributed by atoms with Gasteiger partial charge in [0.2, 0.25) is 0 Å². The van der Waals surface area contributed by atoms with Crippen molar-refractivity contribution in [3.05, 3.63) is 22.2 Å². The van der Waals surface area contributed by atoms with Crippen LogP contribution in [0.1, 0.15) is 45.1 Å². The van der Waals surface area contributed by atoms with Crippen LogP contribution >= 0.6 is 27.5 Å². The highest BCUT2D eigenvalue weighted by molar-refractivity contribution is 9.10. The van der Waals surface area contributed by atoms with E-state index in [4.69, 9.17) is 21.1 Å². The van der Waals surface area contributed by atoms with Gasteiger partial charge in [0, 0.05) is 5.88 Å². The van der Waals surface area contributed by atoms with Crippen LogP contribution < -0.4 is 9.47 Å². The second kappa shape index (κ2) is 9.51. The van der Waals surface area contributed by atoms with Crippen molar-refractivity contribution in [2.75, 3.05) is 13.7 Å². The van der Waals surface area contributed by atoms with Gasteiger partial charge in [0.05, 0.1) is 18.2 Å². The van der Waals surface area contributed by atoms with Gasteiger partial charge in [-0.25, -0.2) is 0 Å². The van der Waals surface area contributed by atoms with Crippen molar-refractivity contribution in [1.29, 1.82) is 0 Å². The van der Waals surface area contributed by atoms with E-state index in [1.807, 2.05) is 12.1 Å². The summed E-state index contributed by atoms with van der Waals surface area (Å²) < 4.78 is 12.3. The number of rotatable bonds is 9. The molecule has 2 nitrogen and oxygen atoms in total. The van der Waals surface area contributed by atoms with E-state index in [-0.39, 0.29) is 0 Å². The van der Waals surface area contributed by atoms with E-state index in [0.717, 1.165) is 34.6 Å². The third-order valence-corrected chi connectivity index (χ3v) is 4.35. The van der Waals surface area contributed by atoms with Crippen LogP contribution in [0.3, 0.4) is 0 Å². The molecule has 1 unspecified atom stereocenters. The summed E-state index contributed by atoms with van der Waals surface area (Å²) in [4.78, 5) is 0. The lowest BCUT2D eigenvalue weighted by Crippen LogP contribution is -2.12. The van der Waals surface area contributed by atoms with Crippen molar-refractivity contribution < 1.29 is 9.47 Å². The van der Waals surface area contributed by atoms with E-state index in [0.29, 0.717) is 11.8 Å². The molecule has 1 rings (SSSR count). The quantitative estimate of drug-likeness (QED) is 0.517. The molecule has 0 bridgehead atoms. The minimum Gasteiger partial charge on any atom is -0.493 e. The lowest BCUT2D eigenvalue weighted by Gasteiger charge is -2.18. The summed E-state index contributed by atoms with van der Waals surface area (Å²) in [6.07, 6.45) is 4.84. The number of ether oxygens (including phenoxy) is 2. The van der Waals surface area contributed by atoms with Crippen LogP contribution in [-0.2, 0) is 5.88 Å². The largest absolute Gasteiger partial charge is 0.493 e. The second-order valence-corrected chi connectivity index (χ2v) is 6.09. The molecule has 0 amide bonds. The number of hydrogen-bond acceptors (Lipinski definition) is 2. The highest BCUT2D eigenvalue weighted by Crippen LogP contribution is 2.37. The Kier molecular flexibility index (Phi) is 8.39. The third-order valence-electron chi connectivity index (χ3n) is 3.45. The first kappa shape index (κ1) is 17.6. The lowest BCUT2D eigenvalue weighted by atomic mass is 10.0. The fraction of sp³-hybridized carbons (Fsp3) is 0.625. The minimum atomic E-state index is 0.462. The van der Waals surface area contributed by atoms with Crippen LogP contribution in [0.2, 0.25) is 0 Å². The maximum atomic E-state index is 5.99. The summed E-state index contributed by atoms with van der Waals surface area (Å²) in [6, 6.07) is 3.91. The Morgan fingerprint density at radius 1 is 1.30 bits per heavy atom. The van der Waals surface area contributed by atoms with Gasteiger partial charge in [0.15, 0.2) is 11.5 Å². The van der Waals surface area contributed by atoms with Gasteiger partial charge in [0.1, 0.15) is 0 Å². The molecule has 1 atom stereocenters. The Hall–Kier alpha value is -0.410. The van der Waals surface area contributed by atoms with Crippen LogP contribution in [0.25, 0.3) is 0 Å². The predicted molar refractivity (Wildman–Crippen MR) is 89.1 cm³/mol. The highest BCUT2D eigenvalue weighted by Gasteiger charge is 2.14. The van der Waals surface area contributed by atoms with Gasteiger partial charge in [-0.1, -0.05) is 33.1 Å². The number of halogens is 2. The van der Waals surface area contributed by atoms with Crippen LogP contribution in [0.15, 0.2) is 16.6 Å². The van der Waals surface area contributed by atoms with E-state index in [1.165, 1.54) is 19.3 Å². The van der Waals surface area contributed by atoms with E-state index >= 15 is 0 Å². The zero-order valence-corrected chi connectivity index (χ0v) is 14.9. The monoisotopic (exact) mass is 362 g/mol. The van der Waals surface area contributed by atoms with E-state index in [2.05, 4.69) is 29.8 Å². The molecule has 1 aromatic rings. The van der Waals surface area contributed by atoms with Crippen LogP contribution in [-0.4, -0.2) is 13.7 Å². The maximum absolute atomic E-state index is 5.99. The Balaban J connectivity index is 2.75. The first-order chi connectivity index (χ1) is 9.65. The predicted octanol–water partition coefficient (Wildman–Crippen LogP) is 5.79. The van der Waals surface area contributed by atoms with Crippen molar-refractivity contribution >= 4 is 27.5 Å². The Morgan fingerprint density at radius 2 is 2.05 bits per heavy atom. The molecule has 0 saturated heterocycles. The van der Waals surface area contributed by atoms with E-state index < -0.39 is 0 Å². The molecule has 0 heterocycles. The van der Waals surface area contributed by atoms with Crippen molar-refractivity contribution in [2.24, 2.45) is 5.92 Å². The Bertz CT molecular complexity index is 410. The number of alkyl halides is 1. The molecule has 0 fully saturated rings. The van der Waals surface area contributed by atoms with Gasteiger partial charge in [-0.3, -0.25) is 0 Å². The number of methoxy groups -OCH3 is 1. The molecule has 0 saturated carbocycles. The van der Waals surface area contributed by atoms with Crippen LogP contribution in [0, 0.1) is 5.92 Å². The second-order valence-electron chi connectivity index (χ2n) is 4.97. The first-order valence-electron chi connectivity index (χ1n) is 7.21. The SMILES string of the molecule is CCCCC(CC)COc1c(Br)cc(CCl)cc1OC. The van der Waals surface area contributed by atoms with Gasteiger partial charge in [-0.15, -0.1) is 11.6 Å². The average molecular weight is 364 g/mol. The molecule has 0 aromatic heterocycles. The van der Waals surface area contributed by atoms with Gasteiger partial charge < -0.3 is 9.47 Å².